The third kappa shape index (κ3) is 6.11. The first-order valence-corrected chi connectivity index (χ1v) is 12.4. The van der Waals surface area contributed by atoms with Crippen molar-refractivity contribution in [1.82, 2.24) is 14.8 Å². The van der Waals surface area contributed by atoms with Crippen LogP contribution in [-0.4, -0.2) is 26.4 Å². The smallest absolute Gasteiger partial charge is 0.225 e. The van der Waals surface area contributed by atoms with Gasteiger partial charge in [0.1, 0.15) is 0 Å². The highest BCUT2D eigenvalue weighted by atomic mass is 35.5. The summed E-state index contributed by atoms with van der Waals surface area (Å²) in [6.07, 6.45) is 0.284. The Hall–Kier alpha value is -3.00. The molecular formula is C25H23Cl2N5OS. The summed E-state index contributed by atoms with van der Waals surface area (Å²) in [4.78, 5) is 12.4. The molecule has 6 nitrogen and oxygen atoms in total. The molecule has 0 fully saturated rings. The molecule has 1 amide bonds. The number of rotatable bonds is 9. The topological polar surface area (TPSA) is 71.8 Å². The predicted octanol–water partition coefficient (Wildman–Crippen LogP) is 6.62. The number of anilines is 2. The molecule has 0 atom stereocenters. The largest absolute Gasteiger partial charge is 0.378 e. The number of hydrogen-bond donors (Lipinski definition) is 2. The van der Waals surface area contributed by atoms with Gasteiger partial charge in [-0.05, 0) is 48.9 Å². The van der Waals surface area contributed by atoms with E-state index in [1.54, 1.807) is 18.2 Å². The quantitative estimate of drug-likeness (QED) is 0.247. The normalized spacial score (nSPS) is 10.8. The molecule has 0 spiro atoms. The fourth-order valence-electron chi connectivity index (χ4n) is 3.33. The molecule has 4 aromatic rings. The maximum atomic E-state index is 12.4. The number of thioether (sulfide) groups is 1. The lowest BCUT2D eigenvalue weighted by Gasteiger charge is -2.12. The van der Waals surface area contributed by atoms with Gasteiger partial charge in [0.25, 0.3) is 0 Å². The van der Waals surface area contributed by atoms with Crippen molar-refractivity contribution in [3.8, 4) is 5.69 Å². The molecule has 34 heavy (non-hydrogen) atoms. The Labute approximate surface area is 212 Å². The Morgan fingerprint density at radius 3 is 2.53 bits per heavy atom. The predicted molar refractivity (Wildman–Crippen MR) is 140 cm³/mol. The van der Waals surface area contributed by atoms with Crippen molar-refractivity contribution in [2.75, 3.05) is 16.4 Å². The van der Waals surface area contributed by atoms with Crippen LogP contribution in [0.3, 0.4) is 0 Å². The Bertz CT molecular complexity index is 1280. The first kappa shape index (κ1) is 24.1. The fraction of sp³-hybridized carbons (Fsp3) is 0.160. The van der Waals surface area contributed by atoms with Crippen LogP contribution in [0.15, 0.2) is 78.0 Å². The van der Waals surface area contributed by atoms with E-state index >= 15 is 0 Å². The van der Waals surface area contributed by atoms with E-state index in [0.29, 0.717) is 28.0 Å². The van der Waals surface area contributed by atoms with Crippen LogP contribution in [0.25, 0.3) is 5.69 Å². The summed E-state index contributed by atoms with van der Waals surface area (Å²) in [6.45, 7) is 2.58. The van der Waals surface area contributed by atoms with Gasteiger partial charge in [-0.1, -0.05) is 71.4 Å². The number of amides is 1. The summed E-state index contributed by atoms with van der Waals surface area (Å²) in [5.74, 6) is 1.16. The number of halogens is 2. The van der Waals surface area contributed by atoms with Crippen LogP contribution in [0.4, 0.5) is 11.4 Å². The van der Waals surface area contributed by atoms with Crippen molar-refractivity contribution in [2.45, 2.75) is 25.0 Å². The zero-order chi connectivity index (χ0) is 23.9. The van der Waals surface area contributed by atoms with Crippen molar-refractivity contribution < 1.29 is 4.79 Å². The van der Waals surface area contributed by atoms with Crippen LogP contribution in [0.5, 0.6) is 0 Å². The number of aromatic nitrogens is 3. The van der Waals surface area contributed by atoms with E-state index in [0.717, 1.165) is 27.9 Å². The second-order valence-corrected chi connectivity index (χ2v) is 9.41. The second kappa shape index (κ2) is 11.4. The molecule has 174 valence electrons. The Kier molecular flexibility index (Phi) is 8.11. The molecule has 1 aromatic heterocycles. The van der Waals surface area contributed by atoms with Gasteiger partial charge in [0.05, 0.1) is 17.3 Å². The third-order valence-electron chi connectivity index (χ3n) is 5.06. The molecule has 0 aliphatic rings. The van der Waals surface area contributed by atoms with Crippen molar-refractivity contribution in [3.05, 3.63) is 94.2 Å². The molecule has 0 saturated carbocycles. The van der Waals surface area contributed by atoms with E-state index in [2.05, 4.69) is 33.8 Å². The van der Waals surface area contributed by atoms with Crippen LogP contribution >= 0.6 is 35.0 Å². The zero-order valence-corrected chi connectivity index (χ0v) is 20.8. The molecule has 3 aromatic carbocycles. The van der Waals surface area contributed by atoms with Gasteiger partial charge in [-0.3, -0.25) is 9.36 Å². The van der Waals surface area contributed by atoms with E-state index in [1.807, 2.05) is 53.1 Å². The molecule has 0 aliphatic heterocycles. The average Bonchev–Trinajstić information content (AvgIpc) is 3.24. The van der Waals surface area contributed by atoms with Crippen molar-refractivity contribution in [3.63, 3.8) is 0 Å². The standard InChI is InChI=1S/C25H23Cl2N5OS/c1-17-7-5-6-10-21(17)28-16-23-30-31-25(32(23)19-8-3-2-4-9-19)34-14-13-24(33)29-22-15-18(26)11-12-20(22)27/h2-12,15,28H,13-14,16H2,1H3,(H,29,33). The van der Waals surface area contributed by atoms with Crippen LogP contribution in [0.2, 0.25) is 10.0 Å². The number of benzene rings is 3. The SMILES string of the molecule is Cc1ccccc1NCc1nnc(SCCC(=O)Nc2cc(Cl)ccc2Cl)n1-c1ccccc1. The highest BCUT2D eigenvalue weighted by molar-refractivity contribution is 7.99. The molecule has 0 bridgehead atoms. The van der Waals surface area contributed by atoms with Gasteiger partial charge in [-0.2, -0.15) is 0 Å². The lowest BCUT2D eigenvalue weighted by molar-refractivity contribution is -0.115. The number of nitrogens with one attached hydrogen (secondary N) is 2. The van der Waals surface area contributed by atoms with Crippen molar-refractivity contribution in [1.29, 1.82) is 0 Å². The molecule has 0 aliphatic carbocycles. The van der Waals surface area contributed by atoms with Gasteiger partial charge >= 0.3 is 0 Å². The van der Waals surface area contributed by atoms with Gasteiger partial charge in [-0.15, -0.1) is 10.2 Å². The molecule has 0 radical (unpaired) electrons. The van der Waals surface area contributed by atoms with Crippen LogP contribution in [0, 0.1) is 6.92 Å². The molecule has 4 rings (SSSR count). The van der Waals surface area contributed by atoms with Gasteiger partial charge in [0, 0.05) is 28.6 Å². The van der Waals surface area contributed by atoms with Gasteiger partial charge in [0.15, 0.2) is 11.0 Å². The van der Waals surface area contributed by atoms with Crippen LogP contribution in [-0.2, 0) is 11.3 Å². The molecule has 0 unspecified atom stereocenters. The Balaban J connectivity index is 1.44. The molecule has 9 heteroatoms. The molecule has 0 saturated heterocycles. The lowest BCUT2D eigenvalue weighted by atomic mass is 10.2. The summed E-state index contributed by atoms with van der Waals surface area (Å²) in [6, 6.07) is 23.0. The van der Waals surface area contributed by atoms with Gasteiger partial charge in [-0.25, -0.2) is 0 Å². The third-order valence-corrected chi connectivity index (χ3v) is 6.55. The molecule has 2 N–H and O–H groups in total. The number of nitrogens with zero attached hydrogens (tertiary/aromatic N) is 3. The Morgan fingerprint density at radius 2 is 1.74 bits per heavy atom. The number of aryl methyl sites for hydroxylation is 1. The van der Waals surface area contributed by atoms with Gasteiger partial charge < -0.3 is 10.6 Å². The van der Waals surface area contributed by atoms with Gasteiger partial charge in [0.2, 0.25) is 5.91 Å². The van der Waals surface area contributed by atoms with Crippen molar-refractivity contribution in [2.24, 2.45) is 0 Å². The number of para-hydroxylation sites is 2. The number of carbonyl (C=O) groups is 1. The van der Waals surface area contributed by atoms with E-state index < -0.39 is 0 Å². The van der Waals surface area contributed by atoms with E-state index in [9.17, 15) is 4.79 Å². The summed E-state index contributed by atoms with van der Waals surface area (Å²) >= 11 is 13.6. The lowest BCUT2D eigenvalue weighted by Crippen LogP contribution is -2.13. The highest BCUT2D eigenvalue weighted by Crippen LogP contribution is 2.27. The minimum Gasteiger partial charge on any atom is -0.378 e. The minimum atomic E-state index is -0.149. The summed E-state index contributed by atoms with van der Waals surface area (Å²) in [5.41, 5.74) is 3.68. The summed E-state index contributed by atoms with van der Waals surface area (Å²) in [7, 11) is 0. The monoisotopic (exact) mass is 511 g/mol. The molecule has 1 heterocycles. The number of carbonyl (C=O) groups excluding carboxylic acids is 1. The minimum absolute atomic E-state index is 0.149. The van der Waals surface area contributed by atoms with E-state index in [4.69, 9.17) is 23.2 Å². The summed E-state index contributed by atoms with van der Waals surface area (Å²) in [5, 5.41) is 16.8. The second-order valence-electron chi connectivity index (χ2n) is 7.51. The fourth-order valence-corrected chi connectivity index (χ4v) is 4.58. The van der Waals surface area contributed by atoms with Crippen LogP contribution < -0.4 is 10.6 Å². The molecular weight excluding hydrogens is 489 g/mol. The summed E-state index contributed by atoms with van der Waals surface area (Å²) < 4.78 is 2.02. The first-order chi connectivity index (χ1) is 16.5. The maximum absolute atomic E-state index is 12.4. The zero-order valence-electron chi connectivity index (χ0n) is 18.5. The maximum Gasteiger partial charge on any atom is 0.225 e. The Morgan fingerprint density at radius 1 is 0.971 bits per heavy atom. The number of hydrogen-bond acceptors (Lipinski definition) is 5. The van der Waals surface area contributed by atoms with Crippen molar-refractivity contribution >= 4 is 52.2 Å². The highest BCUT2D eigenvalue weighted by Gasteiger charge is 2.15. The average molecular weight is 512 g/mol. The van der Waals surface area contributed by atoms with E-state index in [-0.39, 0.29) is 12.3 Å². The first-order valence-electron chi connectivity index (χ1n) is 10.7. The van der Waals surface area contributed by atoms with Crippen LogP contribution in [0.1, 0.15) is 17.8 Å². The van der Waals surface area contributed by atoms with E-state index in [1.165, 1.54) is 11.8 Å².